The second-order valence-electron chi connectivity index (χ2n) is 8.87. The Balaban J connectivity index is 1.34. The van der Waals surface area contributed by atoms with Crippen LogP contribution in [-0.2, 0) is 19.4 Å². The summed E-state index contributed by atoms with van der Waals surface area (Å²) in [4.78, 5) is 27.9. The molecule has 186 valence electrons. The Bertz CT molecular complexity index is 1660. The Morgan fingerprint density at radius 3 is 2.57 bits per heavy atom. The van der Waals surface area contributed by atoms with Crippen molar-refractivity contribution in [3.63, 3.8) is 0 Å². The van der Waals surface area contributed by atoms with Crippen molar-refractivity contribution in [2.24, 2.45) is 0 Å². The molecule has 2 aliphatic rings. The van der Waals surface area contributed by atoms with Gasteiger partial charge in [0.25, 0.3) is 0 Å². The summed E-state index contributed by atoms with van der Waals surface area (Å²) in [7, 11) is -3.97. The Labute approximate surface area is 213 Å². The summed E-state index contributed by atoms with van der Waals surface area (Å²) in [5, 5.41) is 3.58. The minimum Gasteiger partial charge on any atom is -0.454 e. The van der Waals surface area contributed by atoms with Crippen LogP contribution in [-0.4, -0.2) is 33.6 Å². The van der Waals surface area contributed by atoms with E-state index in [0.29, 0.717) is 22.7 Å². The largest absolute Gasteiger partial charge is 0.454 e. The standard InChI is InChI=1S/C28H22N2O6S/c31-27(29-21-9-5-7-18-6-1-2-8-20(18)21)16-30-22-10-3-4-11-25(22)37(33,34)26(15-28(30)32)19-12-13-23-24(14-19)36-17-35-23/h1-14,26H,15-17H2,(H,29,31). The van der Waals surface area contributed by atoms with Gasteiger partial charge in [-0.3, -0.25) is 9.59 Å². The van der Waals surface area contributed by atoms with E-state index < -0.39 is 26.9 Å². The lowest BCUT2D eigenvalue weighted by atomic mass is 10.1. The van der Waals surface area contributed by atoms with Crippen molar-refractivity contribution in [2.45, 2.75) is 16.6 Å². The molecule has 1 atom stereocenters. The molecule has 2 heterocycles. The number of nitrogens with one attached hydrogen (secondary N) is 1. The molecule has 2 aliphatic heterocycles. The van der Waals surface area contributed by atoms with Crippen molar-refractivity contribution in [2.75, 3.05) is 23.6 Å². The van der Waals surface area contributed by atoms with Crippen LogP contribution in [0.15, 0.2) is 89.8 Å². The molecule has 0 saturated heterocycles. The summed E-state index contributed by atoms with van der Waals surface area (Å²) in [6.07, 6.45) is -0.321. The van der Waals surface area contributed by atoms with E-state index >= 15 is 0 Å². The maximum Gasteiger partial charge on any atom is 0.244 e. The Hall–Kier alpha value is -4.37. The van der Waals surface area contributed by atoms with Crippen molar-refractivity contribution >= 4 is 43.8 Å². The average molecular weight is 515 g/mol. The minimum atomic E-state index is -3.97. The van der Waals surface area contributed by atoms with Crippen LogP contribution in [0.1, 0.15) is 17.2 Å². The Kier molecular flexibility index (Phi) is 5.57. The van der Waals surface area contributed by atoms with Crippen LogP contribution in [0.5, 0.6) is 11.5 Å². The van der Waals surface area contributed by atoms with Gasteiger partial charge in [0, 0.05) is 17.5 Å². The van der Waals surface area contributed by atoms with Crippen molar-refractivity contribution < 1.29 is 27.5 Å². The molecule has 37 heavy (non-hydrogen) atoms. The fourth-order valence-corrected chi connectivity index (χ4v) is 6.75. The number of ether oxygens (including phenoxy) is 2. The smallest absolute Gasteiger partial charge is 0.244 e. The monoisotopic (exact) mass is 514 g/mol. The number of para-hydroxylation sites is 1. The molecule has 6 rings (SSSR count). The van der Waals surface area contributed by atoms with Crippen LogP contribution in [0.2, 0.25) is 0 Å². The van der Waals surface area contributed by atoms with Crippen LogP contribution in [0.3, 0.4) is 0 Å². The van der Waals surface area contributed by atoms with Gasteiger partial charge < -0.3 is 19.7 Å². The highest BCUT2D eigenvalue weighted by molar-refractivity contribution is 7.92. The number of hydrogen-bond acceptors (Lipinski definition) is 6. The zero-order valence-corrected chi connectivity index (χ0v) is 20.4. The van der Waals surface area contributed by atoms with E-state index in [9.17, 15) is 18.0 Å². The molecule has 0 saturated carbocycles. The molecule has 8 nitrogen and oxygen atoms in total. The number of fused-ring (bicyclic) bond motifs is 3. The van der Waals surface area contributed by atoms with E-state index in [4.69, 9.17) is 9.47 Å². The van der Waals surface area contributed by atoms with Gasteiger partial charge in [0.1, 0.15) is 6.54 Å². The zero-order valence-electron chi connectivity index (χ0n) is 19.6. The number of benzene rings is 4. The topological polar surface area (TPSA) is 102 Å². The highest BCUT2D eigenvalue weighted by atomic mass is 32.2. The van der Waals surface area contributed by atoms with Gasteiger partial charge in [-0.05, 0) is 41.3 Å². The van der Waals surface area contributed by atoms with E-state index in [2.05, 4.69) is 5.32 Å². The Morgan fingerprint density at radius 2 is 1.68 bits per heavy atom. The van der Waals surface area contributed by atoms with Crippen molar-refractivity contribution in [3.05, 3.63) is 90.5 Å². The minimum absolute atomic E-state index is 0.00137. The molecular formula is C28H22N2O6S. The second-order valence-corrected chi connectivity index (χ2v) is 11.0. The predicted octanol–water partition coefficient (Wildman–Crippen LogP) is 4.46. The summed E-state index contributed by atoms with van der Waals surface area (Å²) in [5.41, 5.74) is 1.22. The number of amides is 2. The van der Waals surface area contributed by atoms with Gasteiger partial charge in [-0.25, -0.2) is 8.42 Å². The van der Waals surface area contributed by atoms with Crippen LogP contribution in [0.4, 0.5) is 11.4 Å². The number of hydrogen-bond donors (Lipinski definition) is 1. The molecular weight excluding hydrogens is 492 g/mol. The van der Waals surface area contributed by atoms with Crippen molar-refractivity contribution in [1.29, 1.82) is 0 Å². The van der Waals surface area contributed by atoms with Gasteiger partial charge in [0.2, 0.25) is 18.6 Å². The number of rotatable bonds is 4. The first-order chi connectivity index (χ1) is 17.9. The summed E-state index contributed by atoms with van der Waals surface area (Å²) < 4.78 is 38.3. The highest BCUT2D eigenvalue weighted by Gasteiger charge is 2.40. The van der Waals surface area contributed by atoms with Crippen molar-refractivity contribution in [3.8, 4) is 11.5 Å². The van der Waals surface area contributed by atoms with E-state index in [1.165, 1.54) is 11.0 Å². The molecule has 4 aromatic carbocycles. The first-order valence-corrected chi connectivity index (χ1v) is 13.3. The second kappa shape index (κ2) is 8.94. The molecule has 0 spiro atoms. The van der Waals surface area contributed by atoms with Crippen LogP contribution in [0.25, 0.3) is 10.8 Å². The van der Waals surface area contributed by atoms with Gasteiger partial charge in [-0.1, -0.05) is 54.6 Å². The highest BCUT2D eigenvalue weighted by Crippen LogP contribution is 2.43. The first-order valence-electron chi connectivity index (χ1n) is 11.7. The molecule has 0 aliphatic carbocycles. The van der Waals surface area contributed by atoms with E-state index in [-0.39, 0.29) is 30.3 Å². The third kappa shape index (κ3) is 4.07. The Morgan fingerprint density at radius 1 is 0.919 bits per heavy atom. The molecule has 0 fully saturated rings. The summed E-state index contributed by atoms with van der Waals surface area (Å²) in [6, 6.07) is 24.4. The molecule has 9 heteroatoms. The van der Waals surface area contributed by atoms with Gasteiger partial charge in [0.15, 0.2) is 21.3 Å². The summed E-state index contributed by atoms with van der Waals surface area (Å²) >= 11 is 0. The predicted molar refractivity (Wildman–Crippen MR) is 138 cm³/mol. The molecule has 0 bridgehead atoms. The molecule has 1 N–H and O–H groups in total. The maximum atomic E-state index is 13.8. The van der Waals surface area contributed by atoms with Gasteiger partial charge in [-0.15, -0.1) is 0 Å². The first kappa shape index (κ1) is 23.1. The third-order valence-corrected chi connectivity index (χ3v) is 8.78. The summed E-state index contributed by atoms with van der Waals surface area (Å²) in [5.74, 6) is 0.0555. The van der Waals surface area contributed by atoms with Gasteiger partial charge >= 0.3 is 0 Å². The lowest BCUT2D eigenvalue weighted by Crippen LogP contribution is -2.38. The molecule has 1 unspecified atom stereocenters. The SMILES string of the molecule is O=C(CN1C(=O)CC(c2ccc3c(c2)OCO3)S(=O)(=O)c2ccccc21)Nc1cccc2ccccc12. The number of sulfone groups is 1. The lowest BCUT2D eigenvalue weighted by molar-refractivity contribution is -0.121. The van der Waals surface area contributed by atoms with E-state index in [1.54, 1.807) is 42.5 Å². The lowest BCUT2D eigenvalue weighted by Gasteiger charge is -2.22. The van der Waals surface area contributed by atoms with Crippen molar-refractivity contribution in [1.82, 2.24) is 0 Å². The van der Waals surface area contributed by atoms with E-state index in [1.807, 2.05) is 36.4 Å². The number of nitrogens with zero attached hydrogens (tertiary/aromatic N) is 1. The molecule has 4 aromatic rings. The molecule has 0 radical (unpaired) electrons. The van der Waals surface area contributed by atoms with Crippen LogP contribution >= 0.6 is 0 Å². The normalized spacial score (nSPS) is 17.8. The van der Waals surface area contributed by atoms with Crippen LogP contribution in [0, 0.1) is 0 Å². The molecule has 0 aromatic heterocycles. The number of anilines is 2. The van der Waals surface area contributed by atoms with Crippen LogP contribution < -0.4 is 19.7 Å². The fraction of sp³-hybridized carbons (Fsp3) is 0.143. The number of carbonyl (C=O) groups is 2. The molecule has 2 amide bonds. The van der Waals surface area contributed by atoms with E-state index in [0.717, 1.165) is 10.8 Å². The van der Waals surface area contributed by atoms with Gasteiger partial charge in [-0.2, -0.15) is 0 Å². The quantitative estimate of drug-likeness (QED) is 0.432. The average Bonchev–Trinajstić information content (AvgIpc) is 3.36. The maximum absolute atomic E-state index is 13.8. The fourth-order valence-electron chi connectivity index (χ4n) is 4.84. The number of carbonyl (C=O) groups excluding carboxylic acids is 2. The summed E-state index contributed by atoms with van der Waals surface area (Å²) in [6.45, 7) is -0.278. The third-order valence-electron chi connectivity index (χ3n) is 6.63. The zero-order chi connectivity index (χ0) is 25.6. The van der Waals surface area contributed by atoms with Gasteiger partial charge in [0.05, 0.1) is 15.8 Å².